The molecule has 1 nitrogen and oxygen atoms in total. The quantitative estimate of drug-likeness (QED) is 0.679. The first-order valence-electron chi connectivity index (χ1n) is 5.22. The van der Waals surface area contributed by atoms with Gasteiger partial charge >= 0.3 is 0 Å². The average Bonchev–Trinajstić information content (AvgIpc) is 2.44. The van der Waals surface area contributed by atoms with Crippen LogP contribution >= 0.6 is 15.9 Å². The topological polar surface area (TPSA) is 13.1 Å². The van der Waals surface area contributed by atoms with Crippen molar-refractivity contribution in [2.45, 2.75) is 19.3 Å². The van der Waals surface area contributed by atoms with Crippen molar-refractivity contribution in [1.29, 1.82) is 0 Å². The van der Waals surface area contributed by atoms with Gasteiger partial charge in [-0.2, -0.15) is 0 Å². The Bertz CT molecular complexity index is 537. The minimum atomic E-state index is 0.995. The Morgan fingerprint density at radius 2 is 2.20 bits per heavy atom. The second-order valence-electron chi connectivity index (χ2n) is 3.88. The Hall–Kier alpha value is -1.02. The summed E-state index contributed by atoms with van der Waals surface area (Å²) in [6.07, 6.45) is 7.79. The van der Waals surface area contributed by atoms with Crippen molar-refractivity contribution in [2.24, 2.45) is 0 Å². The summed E-state index contributed by atoms with van der Waals surface area (Å²) in [5.74, 6) is 1.04. The Balaban J connectivity index is 2.32. The summed E-state index contributed by atoms with van der Waals surface area (Å²) in [5, 5.41) is 1.26. The third kappa shape index (κ3) is 1.53. The monoisotopic (exact) mass is 262 g/mol. The van der Waals surface area contributed by atoms with Crippen molar-refractivity contribution in [3.8, 4) is 0 Å². The van der Waals surface area contributed by atoms with Crippen molar-refractivity contribution in [3.63, 3.8) is 0 Å². The maximum absolute atomic E-state index is 5.82. The van der Waals surface area contributed by atoms with E-state index >= 15 is 0 Å². The molecule has 0 bridgehead atoms. The fourth-order valence-corrected chi connectivity index (χ4v) is 2.48. The zero-order valence-corrected chi connectivity index (χ0v) is 9.88. The summed E-state index contributed by atoms with van der Waals surface area (Å²) >= 11 is 3.50. The standard InChI is InChI=1S/C13H11BrO/c14-9-6-7-13-11(8-9)10-4-2-1-3-5-12(10)15-13/h3,5-8H,1-2,4H2. The summed E-state index contributed by atoms with van der Waals surface area (Å²) in [5.41, 5.74) is 2.36. The summed E-state index contributed by atoms with van der Waals surface area (Å²) in [6, 6.07) is 6.20. The molecule has 3 rings (SSSR count). The van der Waals surface area contributed by atoms with Crippen LogP contribution in [0.1, 0.15) is 24.2 Å². The second kappa shape index (κ2) is 3.53. The van der Waals surface area contributed by atoms with Crippen LogP contribution in [-0.4, -0.2) is 0 Å². The van der Waals surface area contributed by atoms with E-state index in [1.54, 1.807) is 0 Å². The predicted molar refractivity (Wildman–Crippen MR) is 65.9 cm³/mol. The third-order valence-corrected chi connectivity index (χ3v) is 3.34. The van der Waals surface area contributed by atoms with Gasteiger partial charge in [-0.15, -0.1) is 0 Å². The molecule has 2 aromatic rings. The van der Waals surface area contributed by atoms with Crippen molar-refractivity contribution in [2.75, 3.05) is 0 Å². The Kier molecular flexibility index (Phi) is 2.17. The molecule has 1 aliphatic carbocycles. The third-order valence-electron chi connectivity index (χ3n) is 2.85. The molecule has 15 heavy (non-hydrogen) atoms. The zero-order chi connectivity index (χ0) is 10.3. The normalized spacial score (nSPS) is 15.3. The predicted octanol–water partition coefficient (Wildman–Crippen LogP) is 4.54. The lowest BCUT2D eigenvalue weighted by atomic mass is 10.1. The number of hydrogen-bond acceptors (Lipinski definition) is 1. The van der Waals surface area contributed by atoms with Crippen LogP contribution in [0.15, 0.2) is 33.2 Å². The molecule has 0 aliphatic heterocycles. The maximum Gasteiger partial charge on any atom is 0.135 e. The van der Waals surface area contributed by atoms with Crippen LogP contribution in [0.3, 0.4) is 0 Å². The van der Waals surface area contributed by atoms with Crippen LogP contribution in [0.2, 0.25) is 0 Å². The molecule has 0 unspecified atom stereocenters. The lowest BCUT2D eigenvalue weighted by Crippen LogP contribution is -1.82. The SMILES string of the molecule is Brc1ccc2oc3c(c2c1)CCCC=C3. The highest BCUT2D eigenvalue weighted by atomic mass is 79.9. The van der Waals surface area contributed by atoms with Crippen LogP contribution in [0.5, 0.6) is 0 Å². The molecule has 1 aromatic carbocycles. The molecule has 0 spiro atoms. The molecule has 2 heteroatoms. The smallest absolute Gasteiger partial charge is 0.135 e. The number of furan rings is 1. The van der Waals surface area contributed by atoms with Crippen LogP contribution in [0.4, 0.5) is 0 Å². The van der Waals surface area contributed by atoms with Gasteiger partial charge in [-0.25, -0.2) is 0 Å². The van der Waals surface area contributed by atoms with Crippen LogP contribution in [-0.2, 0) is 6.42 Å². The molecule has 1 aliphatic rings. The number of halogens is 1. The minimum Gasteiger partial charge on any atom is -0.456 e. The van der Waals surface area contributed by atoms with Gasteiger partial charge in [-0.05, 0) is 43.5 Å². The van der Waals surface area contributed by atoms with E-state index in [1.807, 2.05) is 12.1 Å². The first-order valence-corrected chi connectivity index (χ1v) is 6.01. The Morgan fingerprint density at radius 3 is 3.13 bits per heavy atom. The molecule has 0 radical (unpaired) electrons. The molecule has 0 amide bonds. The van der Waals surface area contributed by atoms with Crippen molar-refractivity contribution in [1.82, 2.24) is 0 Å². The molecule has 76 valence electrons. The summed E-state index contributed by atoms with van der Waals surface area (Å²) in [7, 11) is 0. The zero-order valence-electron chi connectivity index (χ0n) is 8.29. The average molecular weight is 263 g/mol. The van der Waals surface area contributed by atoms with Crippen LogP contribution in [0, 0.1) is 0 Å². The van der Waals surface area contributed by atoms with E-state index in [1.165, 1.54) is 17.4 Å². The highest BCUT2D eigenvalue weighted by Crippen LogP contribution is 2.32. The van der Waals surface area contributed by atoms with Gasteiger partial charge in [0.1, 0.15) is 11.3 Å². The minimum absolute atomic E-state index is 0.995. The lowest BCUT2D eigenvalue weighted by molar-refractivity contribution is 0.599. The first kappa shape index (κ1) is 9.22. The fourth-order valence-electron chi connectivity index (χ4n) is 2.12. The molecule has 0 N–H and O–H groups in total. The van der Waals surface area contributed by atoms with Gasteiger partial charge < -0.3 is 4.42 Å². The number of aryl methyl sites for hydroxylation is 1. The van der Waals surface area contributed by atoms with Gasteiger partial charge in [0.25, 0.3) is 0 Å². The van der Waals surface area contributed by atoms with E-state index in [4.69, 9.17) is 4.42 Å². The van der Waals surface area contributed by atoms with Gasteiger partial charge in [0, 0.05) is 15.4 Å². The van der Waals surface area contributed by atoms with E-state index in [9.17, 15) is 0 Å². The molecular weight excluding hydrogens is 252 g/mol. The number of benzene rings is 1. The summed E-state index contributed by atoms with van der Waals surface area (Å²) < 4.78 is 6.94. The maximum atomic E-state index is 5.82. The van der Waals surface area contributed by atoms with E-state index < -0.39 is 0 Å². The van der Waals surface area contributed by atoms with Gasteiger partial charge in [-0.1, -0.05) is 22.0 Å². The molecule has 0 saturated heterocycles. The molecular formula is C13H11BrO. The van der Waals surface area contributed by atoms with E-state index in [0.29, 0.717) is 0 Å². The van der Waals surface area contributed by atoms with Crippen molar-refractivity contribution >= 4 is 33.0 Å². The Morgan fingerprint density at radius 1 is 1.27 bits per heavy atom. The number of hydrogen-bond donors (Lipinski definition) is 0. The van der Waals surface area contributed by atoms with E-state index in [-0.39, 0.29) is 0 Å². The lowest BCUT2D eigenvalue weighted by Gasteiger charge is -1.96. The van der Waals surface area contributed by atoms with E-state index in [2.05, 4.69) is 34.1 Å². The molecule has 0 saturated carbocycles. The number of fused-ring (bicyclic) bond motifs is 3. The van der Waals surface area contributed by atoms with Gasteiger partial charge in [-0.3, -0.25) is 0 Å². The number of rotatable bonds is 0. The Labute approximate surface area is 96.9 Å². The van der Waals surface area contributed by atoms with Crippen molar-refractivity contribution in [3.05, 3.63) is 40.1 Å². The molecule has 0 fully saturated rings. The van der Waals surface area contributed by atoms with E-state index in [0.717, 1.165) is 28.7 Å². The molecule has 1 heterocycles. The van der Waals surface area contributed by atoms with Gasteiger partial charge in [0.15, 0.2) is 0 Å². The second-order valence-corrected chi connectivity index (χ2v) is 4.80. The van der Waals surface area contributed by atoms with Gasteiger partial charge in [0.05, 0.1) is 0 Å². The van der Waals surface area contributed by atoms with Crippen LogP contribution in [0.25, 0.3) is 17.0 Å². The van der Waals surface area contributed by atoms with Crippen molar-refractivity contribution < 1.29 is 4.42 Å². The summed E-state index contributed by atoms with van der Waals surface area (Å²) in [6.45, 7) is 0. The summed E-state index contributed by atoms with van der Waals surface area (Å²) in [4.78, 5) is 0. The van der Waals surface area contributed by atoms with Crippen LogP contribution < -0.4 is 0 Å². The first-order chi connectivity index (χ1) is 7.34. The molecule has 0 atom stereocenters. The largest absolute Gasteiger partial charge is 0.456 e. The number of allylic oxidation sites excluding steroid dienone is 1. The molecule has 1 aromatic heterocycles. The van der Waals surface area contributed by atoms with Gasteiger partial charge in [0.2, 0.25) is 0 Å². The fraction of sp³-hybridized carbons (Fsp3) is 0.231. The highest BCUT2D eigenvalue weighted by Gasteiger charge is 2.13. The highest BCUT2D eigenvalue weighted by molar-refractivity contribution is 9.10.